The molecular weight excluding hydrogens is 340 g/mol. The number of imidazole rings is 1. The van der Waals surface area contributed by atoms with E-state index in [-0.39, 0.29) is 11.1 Å². The van der Waals surface area contributed by atoms with Crippen LogP contribution in [-0.4, -0.2) is 46.5 Å². The number of aryl methyl sites for hydroxylation is 1. The van der Waals surface area contributed by atoms with E-state index >= 15 is 0 Å². The van der Waals surface area contributed by atoms with Crippen LogP contribution in [0, 0.1) is 0 Å². The van der Waals surface area contributed by atoms with Gasteiger partial charge in [0.05, 0.1) is 18.0 Å². The van der Waals surface area contributed by atoms with Gasteiger partial charge in [0.15, 0.2) is 5.03 Å². The second-order valence-electron chi connectivity index (χ2n) is 6.25. The molecule has 0 bridgehead atoms. The third-order valence-electron chi connectivity index (χ3n) is 4.67. The van der Waals surface area contributed by atoms with E-state index in [0.717, 1.165) is 16.7 Å². The van der Waals surface area contributed by atoms with Gasteiger partial charge in [0.1, 0.15) is 11.9 Å². The Kier molecular flexibility index (Phi) is 4.01. The van der Waals surface area contributed by atoms with Crippen LogP contribution >= 0.6 is 0 Å². The molecule has 1 aliphatic rings. The van der Waals surface area contributed by atoms with Crippen molar-refractivity contribution in [3.63, 3.8) is 0 Å². The van der Waals surface area contributed by atoms with Crippen LogP contribution in [0.4, 0.5) is 0 Å². The molecule has 0 unspecified atom stereocenters. The number of piperidine rings is 1. The minimum Gasteiger partial charge on any atom is -0.490 e. The summed E-state index contributed by atoms with van der Waals surface area (Å²) in [6.45, 7) is 0.883. The predicted octanol–water partition coefficient (Wildman–Crippen LogP) is 2.13. The molecule has 0 spiro atoms. The Hall–Kier alpha value is -2.32. The molecule has 1 saturated heterocycles. The number of hydrogen-bond donors (Lipinski definition) is 1. The van der Waals surface area contributed by atoms with E-state index in [2.05, 4.69) is 20.6 Å². The lowest BCUT2D eigenvalue weighted by Crippen LogP contribution is -2.41. The summed E-state index contributed by atoms with van der Waals surface area (Å²) >= 11 is 0. The molecule has 8 heteroatoms. The van der Waals surface area contributed by atoms with Gasteiger partial charge in [0, 0.05) is 31.7 Å². The van der Waals surface area contributed by atoms with Crippen LogP contribution in [0.5, 0.6) is 5.75 Å². The summed E-state index contributed by atoms with van der Waals surface area (Å²) in [5.41, 5.74) is 1.12. The lowest BCUT2D eigenvalue weighted by molar-refractivity contribution is 0.136. The number of aromatic nitrogens is 3. The molecule has 4 rings (SSSR count). The fourth-order valence-electron chi connectivity index (χ4n) is 3.27. The zero-order chi connectivity index (χ0) is 17.4. The SMILES string of the molecule is Cn1ccc2c(OC3CCN(S(=O)(=O)c4cnc[nH]4)CC3)cccc21. The van der Waals surface area contributed by atoms with E-state index in [1.54, 1.807) is 0 Å². The molecular formula is C17H20N4O3S. The number of benzene rings is 1. The highest BCUT2D eigenvalue weighted by Crippen LogP contribution is 2.29. The fraction of sp³-hybridized carbons (Fsp3) is 0.353. The Morgan fingerprint density at radius 2 is 2.04 bits per heavy atom. The number of fused-ring (bicyclic) bond motifs is 1. The first-order valence-electron chi connectivity index (χ1n) is 8.25. The molecule has 3 aromatic rings. The topological polar surface area (TPSA) is 80.2 Å². The van der Waals surface area contributed by atoms with Crippen molar-refractivity contribution in [3.8, 4) is 5.75 Å². The Bertz CT molecular complexity index is 971. The number of H-pyrrole nitrogens is 1. The maximum atomic E-state index is 12.5. The molecule has 2 aromatic heterocycles. The van der Waals surface area contributed by atoms with Gasteiger partial charge in [-0.15, -0.1) is 0 Å². The lowest BCUT2D eigenvalue weighted by Gasteiger charge is -2.31. The van der Waals surface area contributed by atoms with E-state index in [9.17, 15) is 8.42 Å². The van der Waals surface area contributed by atoms with Crippen molar-refractivity contribution in [1.29, 1.82) is 0 Å². The van der Waals surface area contributed by atoms with Gasteiger partial charge in [-0.25, -0.2) is 13.4 Å². The number of aromatic amines is 1. The van der Waals surface area contributed by atoms with Crippen molar-refractivity contribution in [3.05, 3.63) is 43.0 Å². The van der Waals surface area contributed by atoms with Crippen LogP contribution < -0.4 is 4.74 Å². The first kappa shape index (κ1) is 16.2. The molecule has 1 N–H and O–H groups in total. The van der Waals surface area contributed by atoms with Crippen LogP contribution in [0.25, 0.3) is 10.9 Å². The largest absolute Gasteiger partial charge is 0.490 e. The highest BCUT2D eigenvalue weighted by molar-refractivity contribution is 7.89. The van der Waals surface area contributed by atoms with Crippen LogP contribution in [-0.2, 0) is 17.1 Å². The zero-order valence-corrected chi connectivity index (χ0v) is 14.7. The van der Waals surface area contributed by atoms with E-state index < -0.39 is 10.0 Å². The second kappa shape index (κ2) is 6.20. The van der Waals surface area contributed by atoms with E-state index in [0.29, 0.717) is 25.9 Å². The van der Waals surface area contributed by atoms with E-state index in [1.807, 2.05) is 31.4 Å². The number of rotatable bonds is 4. The predicted molar refractivity (Wildman–Crippen MR) is 93.9 cm³/mol. The Morgan fingerprint density at radius 3 is 2.76 bits per heavy atom. The number of nitrogens with one attached hydrogen (secondary N) is 1. The van der Waals surface area contributed by atoms with Gasteiger partial charge in [-0.1, -0.05) is 6.07 Å². The number of hydrogen-bond acceptors (Lipinski definition) is 4. The van der Waals surface area contributed by atoms with Crippen LogP contribution in [0.2, 0.25) is 0 Å². The van der Waals surface area contributed by atoms with Crippen molar-refractivity contribution in [2.24, 2.45) is 7.05 Å². The maximum absolute atomic E-state index is 12.5. The van der Waals surface area contributed by atoms with Gasteiger partial charge in [0.2, 0.25) is 0 Å². The summed E-state index contributed by atoms with van der Waals surface area (Å²) in [5, 5.41) is 1.22. The third-order valence-corrected chi connectivity index (χ3v) is 6.50. The molecule has 0 atom stereocenters. The molecule has 25 heavy (non-hydrogen) atoms. The summed E-state index contributed by atoms with van der Waals surface area (Å²) < 4.78 is 34.7. The van der Waals surface area contributed by atoms with Gasteiger partial charge in [-0.2, -0.15) is 4.31 Å². The molecule has 132 valence electrons. The molecule has 1 aliphatic heterocycles. The smallest absolute Gasteiger partial charge is 0.260 e. The van der Waals surface area contributed by atoms with Crippen LogP contribution in [0.15, 0.2) is 48.0 Å². The highest BCUT2D eigenvalue weighted by atomic mass is 32.2. The molecule has 0 aliphatic carbocycles. The van der Waals surface area contributed by atoms with Crippen molar-refractivity contribution in [2.45, 2.75) is 24.0 Å². The molecule has 7 nitrogen and oxygen atoms in total. The van der Waals surface area contributed by atoms with Gasteiger partial charge < -0.3 is 14.3 Å². The maximum Gasteiger partial charge on any atom is 0.260 e. The van der Waals surface area contributed by atoms with E-state index in [1.165, 1.54) is 16.8 Å². The van der Waals surface area contributed by atoms with Crippen LogP contribution in [0.3, 0.4) is 0 Å². The minimum absolute atomic E-state index is 0.0130. The lowest BCUT2D eigenvalue weighted by atomic mass is 10.1. The molecule has 0 radical (unpaired) electrons. The van der Waals surface area contributed by atoms with Crippen molar-refractivity contribution < 1.29 is 13.2 Å². The van der Waals surface area contributed by atoms with E-state index in [4.69, 9.17) is 4.74 Å². The average Bonchev–Trinajstić information content (AvgIpc) is 3.27. The van der Waals surface area contributed by atoms with Gasteiger partial charge in [-0.3, -0.25) is 0 Å². The Labute approximate surface area is 146 Å². The number of ether oxygens (including phenoxy) is 1. The first-order chi connectivity index (χ1) is 12.1. The number of nitrogens with zero attached hydrogens (tertiary/aromatic N) is 3. The highest BCUT2D eigenvalue weighted by Gasteiger charge is 2.31. The third kappa shape index (κ3) is 2.91. The van der Waals surface area contributed by atoms with Crippen LogP contribution in [0.1, 0.15) is 12.8 Å². The first-order valence-corrected chi connectivity index (χ1v) is 9.69. The van der Waals surface area contributed by atoms with Crippen molar-refractivity contribution >= 4 is 20.9 Å². The van der Waals surface area contributed by atoms with Gasteiger partial charge in [-0.05, 0) is 31.0 Å². The van der Waals surface area contributed by atoms with Crippen molar-refractivity contribution in [2.75, 3.05) is 13.1 Å². The number of sulfonamides is 1. The average molecular weight is 360 g/mol. The summed E-state index contributed by atoms with van der Waals surface area (Å²) in [7, 11) is -1.49. The van der Waals surface area contributed by atoms with Gasteiger partial charge in [0.25, 0.3) is 10.0 Å². The monoisotopic (exact) mass is 360 g/mol. The van der Waals surface area contributed by atoms with Gasteiger partial charge >= 0.3 is 0 Å². The zero-order valence-electron chi connectivity index (χ0n) is 13.9. The minimum atomic E-state index is -3.49. The molecule has 0 amide bonds. The summed E-state index contributed by atoms with van der Waals surface area (Å²) in [5.74, 6) is 0.855. The second-order valence-corrected chi connectivity index (χ2v) is 8.16. The normalized spacial score (nSPS) is 17.2. The summed E-state index contributed by atoms with van der Waals surface area (Å²) in [4.78, 5) is 6.47. The Morgan fingerprint density at radius 1 is 1.24 bits per heavy atom. The molecule has 3 heterocycles. The van der Waals surface area contributed by atoms with Crippen molar-refractivity contribution in [1.82, 2.24) is 18.8 Å². The summed E-state index contributed by atoms with van der Waals surface area (Å²) in [6, 6.07) is 8.05. The molecule has 1 aromatic carbocycles. The summed E-state index contributed by atoms with van der Waals surface area (Å²) in [6.07, 6.45) is 6.07. The quantitative estimate of drug-likeness (QED) is 0.773. The molecule has 0 saturated carbocycles. The fourth-order valence-corrected chi connectivity index (χ4v) is 4.64. The Balaban J connectivity index is 1.46. The molecule has 1 fully saturated rings. The standard InChI is InChI=1S/C17H20N4O3S/c1-20-8-7-14-15(20)3-2-4-16(14)24-13-5-9-21(10-6-13)25(22,23)17-11-18-12-19-17/h2-4,7-8,11-13H,5-6,9-10H2,1H3,(H,18,19).